The first-order valence-corrected chi connectivity index (χ1v) is 9.53. The van der Waals surface area contributed by atoms with Gasteiger partial charge in [0, 0.05) is 13.2 Å². The van der Waals surface area contributed by atoms with Crippen LogP contribution in [0.5, 0.6) is 0 Å². The first kappa shape index (κ1) is 19.1. The molecule has 134 valence electrons. The third-order valence-corrected chi connectivity index (χ3v) is 4.93. The number of sulfone groups is 1. The van der Waals surface area contributed by atoms with Crippen LogP contribution in [0.25, 0.3) is 11.1 Å². The highest BCUT2D eigenvalue weighted by atomic mass is 32.2. The monoisotopic (exact) mass is 365 g/mol. The smallest absolute Gasteiger partial charge is 0.217 e. The molecule has 0 bridgehead atoms. The van der Waals surface area contributed by atoms with Gasteiger partial charge in [-0.2, -0.15) is 0 Å². The van der Waals surface area contributed by atoms with E-state index < -0.39 is 34.6 Å². The van der Waals surface area contributed by atoms with Crippen molar-refractivity contribution in [2.24, 2.45) is 0 Å². The van der Waals surface area contributed by atoms with Crippen LogP contribution in [-0.2, 0) is 14.6 Å². The summed E-state index contributed by atoms with van der Waals surface area (Å²) in [6, 6.07) is 12.2. The molecule has 0 fully saturated rings. The number of benzene rings is 2. The number of rotatable bonds is 6. The lowest BCUT2D eigenvalue weighted by atomic mass is 9.99. The van der Waals surface area contributed by atoms with E-state index in [1.807, 2.05) is 0 Å². The summed E-state index contributed by atoms with van der Waals surface area (Å²) < 4.78 is 36.0. The minimum absolute atomic E-state index is 0.240. The Balaban J connectivity index is 2.20. The SMILES string of the molecule is CC(=O)N[C@H](CF)[C@H](O)c1ccc(-c2ccc(S(C)(=O)=O)cc2)cc1. The average Bonchev–Trinajstić information content (AvgIpc) is 2.58. The lowest BCUT2D eigenvalue weighted by Gasteiger charge is -2.21. The number of halogens is 1. The van der Waals surface area contributed by atoms with Gasteiger partial charge < -0.3 is 10.4 Å². The third-order valence-electron chi connectivity index (χ3n) is 3.80. The molecule has 2 atom stereocenters. The van der Waals surface area contributed by atoms with Crippen molar-refractivity contribution >= 4 is 15.7 Å². The lowest BCUT2D eigenvalue weighted by molar-refractivity contribution is -0.120. The van der Waals surface area contributed by atoms with Gasteiger partial charge in [0.05, 0.1) is 10.9 Å². The van der Waals surface area contributed by atoms with E-state index in [1.165, 1.54) is 19.1 Å². The maximum Gasteiger partial charge on any atom is 0.217 e. The molecule has 2 aromatic carbocycles. The highest BCUT2D eigenvalue weighted by Crippen LogP contribution is 2.25. The largest absolute Gasteiger partial charge is 0.386 e. The van der Waals surface area contributed by atoms with Crippen molar-refractivity contribution in [3.05, 3.63) is 54.1 Å². The number of aliphatic hydroxyl groups is 1. The molecule has 2 N–H and O–H groups in total. The van der Waals surface area contributed by atoms with E-state index in [0.29, 0.717) is 5.56 Å². The van der Waals surface area contributed by atoms with Crippen molar-refractivity contribution < 1.29 is 22.7 Å². The molecule has 25 heavy (non-hydrogen) atoms. The summed E-state index contributed by atoms with van der Waals surface area (Å²) in [5, 5.41) is 12.6. The standard InChI is InChI=1S/C18H20FNO4S/c1-12(21)20-17(11-19)18(22)15-5-3-13(4-6-15)14-7-9-16(10-8-14)25(2,23)24/h3-10,17-18,22H,11H2,1-2H3,(H,20,21)/t17-,18-/m1/s1. The van der Waals surface area contributed by atoms with E-state index >= 15 is 0 Å². The Bertz CT molecular complexity index is 832. The molecule has 0 saturated carbocycles. The minimum Gasteiger partial charge on any atom is -0.386 e. The van der Waals surface area contributed by atoms with Crippen LogP contribution in [0.3, 0.4) is 0 Å². The predicted octanol–water partition coefficient (Wildman–Crippen LogP) is 2.26. The van der Waals surface area contributed by atoms with Gasteiger partial charge in [0.25, 0.3) is 0 Å². The Morgan fingerprint density at radius 3 is 1.96 bits per heavy atom. The van der Waals surface area contributed by atoms with Crippen molar-refractivity contribution in [3.8, 4) is 11.1 Å². The summed E-state index contributed by atoms with van der Waals surface area (Å²) >= 11 is 0. The zero-order valence-electron chi connectivity index (χ0n) is 13.9. The van der Waals surface area contributed by atoms with E-state index in [4.69, 9.17) is 0 Å². The molecule has 0 radical (unpaired) electrons. The number of aliphatic hydroxyl groups excluding tert-OH is 1. The van der Waals surface area contributed by atoms with Crippen molar-refractivity contribution in [3.63, 3.8) is 0 Å². The summed E-state index contributed by atoms with van der Waals surface area (Å²) in [6.07, 6.45) is -0.00951. The van der Waals surface area contributed by atoms with Crippen LogP contribution in [0.15, 0.2) is 53.4 Å². The second-order valence-electron chi connectivity index (χ2n) is 5.82. The normalized spacial score (nSPS) is 13.9. The van der Waals surface area contributed by atoms with Gasteiger partial charge in [-0.25, -0.2) is 12.8 Å². The average molecular weight is 365 g/mol. The molecule has 7 heteroatoms. The molecule has 0 spiro atoms. The Morgan fingerprint density at radius 2 is 1.56 bits per heavy atom. The van der Waals surface area contributed by atoms with Crippen LogP contribution >= 0.6 is 0 Å². The third kappa shape index (κ3) is 4.87. The van der Waals surface area contributed by atoms with Crippen LogP contribution in [0.2, 0.25) is 0 Å². The quantitative estimate of drug-likeness (QED) is 0.823. The van der Waals surface area contributed by atoms with Crippen molar-refractivity contribution in [2.75, 3.05) is 12.9 Å². The molecule has 2 rings (SSSR count). The molecule has 0 aliphatic heterocycles. The fraction of sp³-hybridized carbons (Fsp3) is 0.278. The Hall–Kier alpha value is -2.25. The van der Waals surface area contributed by atoms with E-state index in [0.717, 1.165) is 17.4 Å². The first-order chi connectivity index (χ1) is 11.7. The molecule has 0 unspecified atom stereocenters. The van der Waals surface area contributed by atoms with Crippen LogP contribution in [-0.4, -0.2) is 38.4 Å². The maximum atomic E-state index is 13.0. The summed E-state index contributed by atoms with van der Waals surface area (Å²) in [6.45, 7) is 0.383. The van der Waals surface area contributed by atoms with E-state index in [2.05, 4.69) is 5.32 Å². The van der Waals surface area contributed by atoms with Gasteiger partial charge in [-0.1, -0.05) is 36.4 Å². The van der Waals surface area contributed by atoms with E-state index in [1.54, 1.807) is 36.4 Å². The zero-order valence-corrected chi connectivity index (χ0v) is 14.8. The Labute approximate surface area is 146 Å². The van der Waals surface area contributed by atoms with Crippen molar-refractivity contribution in [2.45, 2.75) is 24.0 Å². The van der Waals surface area contributed by atoms with Gasteiger partial charge in [0.2, 0.25) is 5.91 Å². The van der Waals surface area contributed by atoms with Gasteiger partial charge in [-0.05, 0) is 28.8 Å². The minimum atomic E-state index is -3.25. The second kappa shape index (κ2) is 7.76. The predicted molar refractivity (Wildman–Crippen MR) is 93.5 cm³/mol. The van der Waals surface area contributed by atoms with Crippen molar-refractivity contribution in [1.29, 1.82) is 0 Å². The maximum absolute atomic E-state index is 13.0. The van der Waals surface area contributed by atoms with E-state index in [9.17, 15) is 22.7 Å². The topological polar surface area (TPSA) is 83.5 Å². The zero-order chi connectivity index (χ0) is 18.6. The van der Waals surface area contributed by atoms with E-state index in [-0.39, 0.29) is 4.90 Å². The number of hydrogen-bond acceptors (Lipinski definition) is 4. The molecule has 0 aliphatic carbocycles. The molecule has 0 heterocycles. The lowest BCUT2D eigenvalue weighted by Crippen LogP contribution is -2.39. The molecular weight excluding hydrogens is 345 g/mol. The molecule has 0 saturated heterocycles. The van der Waals surface area contributed by atoms with Gasteiger partial charge in [-0.15, -0.1) is 0 Å². The second-order valence-corrected chi connectivity index (χ2v) is 7.84. The molecule has 2 aromatic rings. The van der Waals surface area contributed by atoms with Gasteiger partial charge in [0.1, 0.15) is 12.8 Å². The molecule has 0 aliphatic rings. The summed E-state index contributed by atoms with van der Waals surface area (Å²) in [5.41, 5.74) is 2.12. The Morgan fingerprint density at radius 1 is 1.08 bits per heavy atom. The molecular formula is C18H20FNO4S. The molecule has 1 amide bonds. The number of hydrogen-bond donors (Lipinski definition) is 2. The first-order valence-electron chi connectivity index (χ1n) is 7.64. The summed E-state index contributed by atoms with van der Waals surface area (Å²) in [7, 11) is -3.25. The van der Waals surface area contributed by atoms with Crippen molar-refractivity contribution in [1.82, 2.24) is 5.32 Å². The van der Waals surface area contributed by atoms with Gasteiger partial charge in [-0.3, -0.25) is 4.79 Å². The molecule has 5 nitrogen and oxygen atoms in total. The van der Waals surface area contributed by atoms with Crippen LogP contribution < -0.4 is 5.32 Å². The Kier molecular flexibility index (Phi) is 5.92. The number of nitrogens with one attached hydrogen (secondary N) is 1. The number of alkyl halides is 1. The van der Waals surface area contributed by atoms with Crippen LogP contribution in [0, 0.1) is 0 Å². The van der Waals surface area contributed by atoms with Gasteiger partial charge in [0.15, 0.2) is 9.84 Å². The summed E-state index contributed by atoms with van der Waals surface area (Å²) in [5.74, 6) is -0.413. The number of carbonyl (C=O) groups is 1. The highest BCUT2D eigenvalue weighted by Gasteiger charge is 2.21. The van der Waals surface area contributed by atoms with Crippen LogP contribution in [0.1, 0.15) is 18.6 Å². The van der Waals surface area contributed by atoms with Gasteiger partial charge >= 0.3 is 0 Å². The summed E-state index contributed by atoms with van der Waals surface area (Å²) in [4.78, 5) is 11.3. The molecule has 0 aromatic heterocycles. The number of carbonyl (C=O) groups excluding carboxylic acids is 1. The number of amides is 1. The fourth-order valence-electron chi connectivity index (χ4n) is 2.46. The fourth-order valence-corrected chi connectivity index (χ4v) is 3.09. The van der Waals surface area contributed by atoms with Crippen LogP contribution in [0.4, 0.5) is 4.39 Å². The highest BCUT2D eigenvalue weighted by molar-refractivity contribution is 7.90.